The number of ether oxygens (including phenoxy) is 1. The SMILES string of the molecule is COC(=O)C[C@H]1CN(C)CC[C@@H]1N. The van der Waals surface area contributed by atoms with Crippen molar-refractivity contribution in [3.8, 4) is 0 Å². The Balaban J connectivity index is 2.41. The smallest absolute Gasteiger partial charge is 0.305 e. The van der Waals surface area contributed by atoms with E-state index in [-0.39, 0.29) is 17.9 Å². The maximum atomic E-state index is 11.0. The molecule has 1 aliphatic heterocycles. The van der Waals surface area contributed by atoms with Gasteiger partial charge in [-0.25, -0.2) is 0 Å². The van der Waals surface area contributed by atoms with Gasteiger partial charge in [0.1, 0.15) is 0 Å². The average Bonchev–Trinajstić information content (AvgIpc) is 2.11. The van der Waals surface area contributed by atoms with Crippen molar-refractivity contribution in [2.75, 3.05) is 27.2 Å². The third-order valence-corrected chi connectivity index (χ3v) is 2.65. The van der Waals surface area contributed by atoms with E-state index in [4.69, 9.17) is 5.73 Å². The zero-order valence-corrected chi connectivity index (χ0v) is 8.32. The Hall–Kier alpha value is -0.610. The largest absolute Gasteiger partial charge is 0.469 e. The molecule has 1 rings (SSSR count). The van der Waals surface area contributed by atoms with Crippen molar-refractivity contribution >= 4 is 5.97 Å². The number of likely N-dealkylation sites (tertiary alicyclic amines) is 1. The van der Waals surface area contributed by atoms with Crippen molar-refractivity contribution in [1.29, 1.82) is 0 Å². The van der Waals surface area contributed by atoms with E-state index in [1.165, 1.54) is 7.11 Å². The average molecular weight is 186 g/mol. The Bertz CT molecular complexity index is 184. The minimum atomic E-state index is -0.157. The highest BCUT2D eigenvalue weighted by Crippen LogP contribution is 2.17. The number of hydrogen-bond acceptors (Lipinski definition) is 4. The summed E-state index contributed by atoms with van der Waals surface area (Å²) in [6, 6.07) is 0.148. The van der Waals surface area contributed by atoms with Crippen LogP contribution < -0.4 is 5.73 Å². The van der Waals surface area contributed by atoms with Gasteiger partial charge in [0.2, 0.25) is 0 Å². The number of carbonyl (C=O) groups is 1. The van der Waals surface area contributed by atoms with E-state index in [9.17, 15) is 4.79 Å². The number of nitrogens with zero attached hydrogens (tertiary/aromatic N) is 1. The molecule has 1 heterocycles. The minimum absolute atomic E-state index is 0.148. The molecule has 76 valence electrons. The normalized spacial score (nSPS) is 30.1. The van der Waals surface area contributed by atoms with Crippen molar-refractivity contribution in [1.82, 2.24) is 4.90 Å². The van der Waals surface area contributed by atoms with Crippen LogP contribution in [-0.4, -0.2) is 44.2 Å². The van der Waals surface area contributed by atoms with E-state index >= 15 is 0 Å². The molecule has 0 saturated carbocycles. The Morgan fingerprint density at radius 2 is 2.38 bits per heavy atom. The van der Waals surface area contributed by atoms with Gasteiger partial charge < -0.3 is 15.4 Å². The number of piperidine rings is 1. The summed E-state index contributed by atoms with van der Waals surface area (Å²) in [6.07, 6.45) is 1.42. The highest BCUT2D eigenvalue weighted by molar-refractivity contribution is 5.69. The minimum Gasteiger partial charge on any atom is -0.469 e. The first kappa shape index (κ1) is 10.5. The summed E-state index contributed by atoms with van der Waals surface area (Å²) in [5.41, 5.74) is 5.91. The van der Waals surface area contributed by atoms with Crippen LogP contribution in [0.5, 0.6) is 0 Å². The maximum absolute atomic E-state index is 11.0. The van der Waals surface area contributed by atoms with Crippen LogP contribution >= 0.6 is 0 Å². The Morgan fingerprint density at radius 1 is 1.69 bits per heavy atom. The molecule has 0 aromatic carbocycles. The molecule has 4 heteroatoms. The first-order valence-electron chi connectivity index (χ1n) is 4.64. The van der Waals surface area contributed by atoms with Crippen molar-refractivity contribution in [3.05, 3.63) is 0 Å². The van der Waals surface area contributed by atoms with E-state index in [0.717, 1.165) is 19.5 Å². The summed E-state index contributed by atoms with van der Waals surface area (Å²) < 4.78 is 4.62. The predicted molar refractivity (Wildman–Crippen MR) is 50.2 cm³/mol. The van der Waals surface area contributed by atoms with E-state index in [2.05, 4.69) is 16.7 Å². The van der Waals surface area contributed by atoms with Gasteiger partial charge in [-0.05, 0) is 25.9 Å². The van der Waals surface area contributed by atoms with Crippen LogP contribution in [0.15, 0.2) is 0 Å². The van der Waals surface area contributed by atoms with Gasteiger partial charge in [0.25, 0.3) is 0 Å². The fraction of sp³-hybridized carbons (Fsp3) is 0.889. The topological polar surface area (TPSA) is 55.6 Å². The van der Waals surface area contributed by atoms with Gasteiger partial charge >= 0.3 is 5.97 Å². The van der Waals surface area contributed by atoms with Crippen LogP contribution in [-0.2, 0) is 9.53 Å². The predicted octanol–water partition coefficient (Wildman–Crippen LogP) is -0.171. The highest BCUT2D eigenvalue weighted by Gasteiger charge is 2.26. The number of methoxy groups -OCH3 is 1. The number of nitrogens with two attached hydrogens (primary N) is 1. The summed E-state index contributed by atoms with van der Waals surface area (Å²) >= 11 is 0. The molecule has 2 atom stereocenters. The number of esters is 1. The third kappa shape index (κ3) is 2.97. The van der Waals surface area contributed by atoms with Crippen molar-refractivity contribution in [2.24, 2.45) is 11.7 Å². The van der Waals surface area contributed by atoms with E-state index < -0.39 is 0 Å². The molecule has 0 amide bonds. The van der Waals surface area contributed by atoms with Crippen molar-refractivity contribution in [3.63, 3.8) is 0 Å². The molecule has 4 nitrogen and oxygen atoms in total. The van der Waals surface area contributed by atoms with Crippen LogP contribution in [0.25, 0.3) is 0 Å². The summed E-state index contributed by atoms with van der Waals surface area (Å²) in [6.45, 7) is 1.93. The first-order valence-corrected chi connectivity index (χ1v) is 4.64. The summed E-state index contributed by atoms with van der Waals surface area (Å²) in [7, 11) is 3.47. The molecule has 1 aliphatic rings. The summed E-state index contributed by atoms with van der Waals surface area (Å²) in [4.78, 5) is 13.2. The number of hydrogen-bond donors (Lipinski definition) is 1. The summed E-state index contributed by atoms with van der Waals surface area (Å²) in [5, 5.41) is 0. The molecular weight excluding hydrogens is 168 g/mol. The molecule has 0 bridgehead atoms. The lowest BCUT2D eigenvalue weighted by atomic mass is 9.90. The van der Waals surface area contributed by atoms with Crippen molar-refractivity contribution in [2.45, 2.75) is 18.9 Å². The zero-order chi connectivity index (χ0) is 9.84. The molecule has 13 heavy (non-hydrogen) atoms. The Morgan fingerprint density at radius 3 is 3.00 bits per heavy atom. The highest BCUT2D eigenvalue weighted by atomic mass is 16.5. The lowest BCUT2D eigenvalue weighted by molar-refractivity contribution is -0.142. The Kier molecular flexibility index (Phi) is 3.69. The second-order valence-corrected chi connectivity index (χ2v) is 3.76. The van der Waals surface area contributed by atoms with Gasteiger partial charge in [0.05, 0.1) is 13.5 Å². The zero-order valence-electron chi connectivity index (χ0n) is 8.32. The monoisotopic (exact) mass is 186 g/mol. The molecule has 0 aliphatic carbocycles. The van der Waals surface area contributed by atoms with Gasteiger partial charge in [0, 0.05) is 12.6 Å². The third-order valence-electron chi connectivity index (χ3n) is 2.65. The standard InChI is InChI=1S/C9H18N2O2/c1-11-4-3-8(10)7(6-11)5-9(12)13-2/h7-8H,3-6,10H2,1-2H3/t7-,8-/m0/s1. The fourth-order valence-corrected chi connectivity index (χ4v) is 1.75. The molecule has 0 spiro atoms. The lowest BCUT2D eigenvalue weighted by Crippen LogP contribution is -2.46. The van der Waals surface area contributed by atoms with Crippen LogP contribution in [0.4, 0.5) is 0 Å². The van der Waals surface area contributed by atoms with Gasteiger partial charge in [-0.15, -0.1) is 0 Å². The van der Waals surface area contributed by atoms with E-state index in [0.29, 0.717) is 6.42 Å². The second-order valence-electron chi connectivity index (χ2n) is 3.76. The molecule has 1 fully saturated rings. The van der Waals surface area contributed by atoms with Gasteiger partial charge in [0.15, 0.2) is 0 Å². The molecule has 0 aromatic rings. The second kappa shape index (κ2) is 4.58. The molecule has 0 radical (unpaired) electrons. The van der Waals surface area contributed by atoms with Gasteiger partial charge in [-0.2, -0.15) is 0 Å². The molecule has 0 aromatic heterocycles. The number of carbonyl (C=O) groups excluding carboxylic acids is 1. The number of rotatable bonds is 2. The fourth-order valence-electron chi connectivity index (χ4n) is 1.75. The van der Waals surface area contributed by atoms with Crippen LogP contribution in [0, 0.1) is 5.92 Å². The van der Waals surface area contributed by atoms with Crippen LogP contribution in [0.1, 0.15) is 12.8 Å². The summed E-state index contributed by atoms with van der Waals surface area (Å²) in [5.74, 6) is 0.0990. The van der Waals surface area contributed by atoms with E-state index in [1.54, 1.807) is 0 Å². The Labute approximate surface area is 79.0 Å². The van der Waals surface area contributed by atoms with Crippen LogP contribution in [0.2, 0.25) is 0 Å². The first-order chi connectivity index (χ1) is 6.13. The van der Waals surface area contributed by atoms with Crippen molar-refractivity contribution < 1.29 is 9.53 Å². The molecule has 1 saturated heterocycles. The quantitative estimate of drug-likeness (QED) is 0.608. The molecular formula is C9H18N2O2. The van der Waals surface area contributed by atoms with E-state index in [1.807, 2.05) is 0 Å². The van der Waals surface area contributed by atoms with Gasteiger partial charge in [-0.3, -0.25) is 4.79 Å². The van der Waals surface area contributed by atoms with Gasteiger partial charge in [-0.1, -0.05) is 0 Å². The lowest BCUT2D eigenvalue weighted by Gasteiger charge is -2.34. The molecule has 0 unspecified atom stereocenters. The maximum Gasteiger partial charge on any atom is 0.305 e. The van der Waals surface area contributed by atoms with Crippen LogP contribution in [0.3, 0.4) is 0 Å². The molecule has 2 N–H and O–H groups in total.